The topological polar surface area (TPSA) is 63.3 Å². The Morgan fingerprint density at radius 1 is 1.56 bits per heavy atom. The molecule has 0 saturated carbocycles. The van der Waals surface area contributed by atoms with Crippen molar-refractivity contribution in [3.05, 3.63) is 11.1 Å². The average molecular weight is 129 g/mol. The first kappa shape index (κ1) is 8.17. The zero-order valence-corrected chi connectivity index (χ0v) is 5.64. The second-order valence-electron chi connectivity index (χ2n) is 1.91. The fourth-order valence-electron chi connectivity index (χ4n) is 0.336. The second-order valence-corrected chi connectivity index (χ2v) is 1.91. The van der Waals surface area contributed by atoms with E-state index in [0.717, 1.165) is 5.57 Å². The van der Waals surface area contributed by atoms with Crippen LogP contribution >= 0.6 is 0 Å². The molecule has 0 aliphatic rings. The van der Waals surface area contributed by atoms with Crippen LogP contribution in [0.5, 0.6) is 0 Å². The van der Waals surface area contributed by atoms with Gasteiger partial charge in [0, 0.05) is 12.1 Å². The van der Waals surface area contributed by atoms with Gasteiger partial charge in [0.05, 0.1) is 0 Å². The Kier molecular flexibility index (Phi) is 2.95. The molecule has 0 saturated heterocycles. The van der Waals surface area contributed by atoms with Crippen molar-refractivity contribution in [2.24, 2.45) is 5.73 Å². The van der Waals surface area contributed by atoms with E-state index in [4.69, 9.17) is 10.8 Å². The summed E-state index contributed by atoms with van der Waals surface area (Å²) < 4.78 is 0. The number of hydrogen-bond donors (Lipinski definition) is 2. The van der Waals surface area contributed by atoms with Crippen molar-refractivity contribution in [3.8, 4) is 0 Å². The first-order chi connectivity index (χ1) is 4.09. The Morgan fingerprint density at radius 3 is 2.11 bits per heavy atom. The van der Waals surface area contributed by atoms with Crippen molar-refractivity contribution >= 4 is 5.97 Å². The Balaban J connectivity index is 4.28. The highest BCUT2D eigenvalue weighted by molar-refractivity contribution is 5.86. The van der Waals surface area contributed by atoms with Gasteiger partial charge in [-0.2, -0.15) is 0 Å². The van der Waals surface area contributed by atoms with E-state index in [0.29, 0.717) is 12.1 Å². The molecule has 0 spiro atoms. The predicted octanol–water partition coefficient (Wildman–Crippen LogP) is 0.366. The van der Waals surface area contributed by atoms with Gasteiger partial charge in [-0.25, -0.2) is 4.79 Å². The summed E-state index contributed by atoms with van der Waals surface area (Å²) in [4.78, 5) is 10.2. The lowest BCUT2D eigenvalue weighted by Crippen LogP contribution is -2.07. The summed E-state index contributed by atoms with van der Waals surface area (Å²) in [5.74, 6) is -0.891. The molecule has 0 radical (unpaired) electrons. The first-order valence-electron chi connectivity index (χ1n) is 2.69. The fraction of sp³-hybridized carbons (Fsp3) is 0.500. The molecule has 0 unspecified atom stereocenters. The van der Waals surface area contributed by atoms with E-state index in [-0.39, 0.29) is 0 Å². The molecule has 0 heterocycles. The van der Waals surface area contributed by atoms with Crippen LogP contribution in [0.25, 0.3) is 0 Å². The van der Waals surface area contributed by atoms with Gasteiger partial charge in [0.1, 0.15) is 0 Å². The molecule has 9 heavy (non-hydrogen) atoms. The van der Waals surface area contributed by atoms with Crippen LogP contribution in [0.2, 0.25) is 0 Å². The summed E-state index contributed by atoms with van der Waals surface area (Å²) in [6.07, 6.45) is 0. The number of carboxylic acid groups (broad SMARTS) is 1. The third-order valence-corrected chi connectivity index (χ3v) is 1.27. The van der Waals surface area contributed by atoms with Gasteiger partial charge in [-0.3, -0.25) is 0 Å². The Bertz CT molecular complexity index is 149. The maximum atomic E-state index is 10.2. The van der Waals surface area contributed by atoms with Gasteiger partial charge in [0.15, 0.2) is 0 Å². The zero-order chi connectivity index (χ0) is 7.44. The van der Waals surface area contributed by atoms with Crippen LogP contribution in [0, 0.1) is 0 Å². The van der Waals surface area contributed by atoms with Gasteiger partial charge in [-0.1, -0.05) is 0 Å². The number of hydrogen-bond acceptors (Lipinski definition) is 2. The standard InChI is InChI=1S/C6H11NO2/c1-4(3-7)5(2)6(8)9/h3,7H2,1-2H3,(H,8,9). The molecule has 3 heteroatoms. The van der Waals surface area contributed by atoms with Crippen LogP contribution in [0.15, 0.2) is 11.1 Å². The Hall–Kier alpha value is -0.830. The van der Waals surface area contributed by atoms with Crippen LogP contribution in [0.4, 0.5) is 0 Å². The minimum Gasteiger partial charge on any atom is -0.478 e. The van der Waals surface area contributed by atoms with E-state index in [1.807, 2.05) is 0 Å². The largest absolute Gasteiger partial charge is 0.478 e. The SMILES string of the molecule is CC(CN)=C(C)C(=O)O. The lowest BCUT2D eigenvalue weighted by Gasteiger charge is -1.97. The number of nitrogens with two attached hydrogens (primary N) is 1. The van der Waals surface area contributed by atoms with Gasteiger partial charge < -0.3 is 10.8 Å². The van der Waals surface area contributed by atoms with Crippen LogP contribution < -0.4 is 5.73 Å². The molecule has 0 aliphatic carbocycles. The molecule has 0 bridgehead atoms. The molecule has 0 aromatic carbocycles. The Morgan fingerprint density at radius 2 is 2.00 bits per heavy atom. The summed E-state index contributed by atoms with van der Waals surface area (Å²) in [5, 5.41) is 8.37. The monoisotopic (exact) mass is 129 g/mol. The zero-order valence-electron chi connectivity index (χ0n) is 5.64. The minimum absolute atomic E-state index is 0.318. The molecule has 0 fully saturated rings. The van der Waals surface area contributed by atoms with Crippen molar-refractivity contribution in [3.63, 3.8) is 0 Å². The highest BCUT2D eigenvalue weighted by atomic mass is 16.4. The average Bonchev–Trinajstić information content (AvgIpc) is 1.84. The van der Waals surface area contributed by atoms with E-state index in [9.17, 15) is 4.79 Å². The summed E-state index contributed by atoms with van der Waals surface area (Å²) >= 11 is 0. The van der Waals surface area contributed by atoms with Crippen molar-refractivity contribution in [2.45, 2.75) is 13.8 Å². The smallest absolute Gasteiger partial charge is 0.331 e. The quantitative estimate of drug-likeness (QED) is 0.529. The second kappa shape index (κ2) is 3.25. The molecular weight excluding hydrogens is 118 g/mol. The van der Waals surface area contributed by atoms with Gasteiger partial charge in [0.25, 0.3) is 0 Å². The highest BCUT2D eigenvalue weighted by Crippen LogP contribution is 1.99. The number of aliphatic carboxylic acids is 1. The van der Waals surface area contributed by atoms with Crippen LogP contribution in [0.3, 0.4) is 0 Å². The molecule has 3 nitrogen and oxygen atoms in total. The third-order valence-electron chi connectivity index (χ3n) is 1.27. The minimum atomic E-state index is -0.891. The molecule has 0 aliphatic heterocycles. The molecular formula is C6H11NO2. The summed E-state index contributed by atoms with van der Waals surface area (Å²) in [6.45, 7) is 3.58. The molecule has 0 rings (SSSR count). The molecule has 3 N–H and O–H groups in total. The summed E-state index contributed by atoms with van der Waals surface area (Å²) in [7, 11) is 0. The molecule has 0 amide bonds. The van der Waals surface area contributed by atoms with Gasteiger partial charge in [0.2, 0.25) is 0 Å². The van der Waals surface area contributed by atoms with E-state index in [1.165, 1.54) is 0 Å². The maximum Gasteiger partial charge on any atom is 0.331 e. The predicted molar refractivity (Wildman–Crippen MR) is 35.1 cm³/mol. The molecule has 0 aromatic rings. The summed E-state index contributed by atoms with van der Waals surface area (Å²) in [6, 6.07) is 0. The van der Waals surface area contributed by atoms with E-state index < -0.39 is 5.97 Å². The highest BCUT2D eigenvalue weighted by Gasteiger charge is 2.01. The van der Waals surface area contributed by atoms with E-state index in [1.54, 1.807) is 13.8 Å². The van der Waals surface area contributed by atoms with Crippen molar-refractivity contribution in [1.82, 2.24) is 0 Å². The number of rotatable bonds is 2. The van der Waals surface area contributed by atoms with Gasteiger partial charge in [-0.15, -0.1) is 0 Å². The lowest BCUT2D eigenvalue weighted by molar-refractivity contribution is -0.132. The fourth-order valence-corrected chi connectivity index (χ4v) is 0.336. The lowest BCUT2D eigenvalue weighted by atomic mass is 10.1. The molecule has 52 valence electrons. The maximum absolute atomic E-state index is 10.2. The normalized spacial score (nSPS) is 12.8. The van der Waals surface area contributed by atoms with Crippen LogP contribution in [-0.4, -0.2) is 17.6 Å². The molecule has 0 atom stereocenters. The van der Waals surface area contributed by atoms with Crippen LogP contribution in [-0.2, 0) is 4.79 Å². The van der Waals surface area contributed by atoms with Gasteiger partial charge in [-0.05, 0) is 19.4 Å². The Labute approximate surface area is 54.2 Å². The van der Waals surface area contributed by atoms with Crippen molar-refractivity contribution in [2.75, 3.05) is 6.54 Å². The van der Waals surface area contributed by atoms with Crippen molar-refractivity contribution < 1.29 is 9.90 Å². The first-order valence-corrected chi connectivity index (χ1v) is 2.69. The third kappa shape index (κ3) is 2.28. The van der Waals surface area contributed by atoms with Gasteiger partial charge >= 0.3 is 5.97 Å². The summed E-state index contributed by atoms with van der Waals surface area (Å²) in [5.41, 5.74) is 6.26. The number of carboxylic acids is 1. The van der Waals surface area contributed by atoms with Crippen molar-refractivity contribution in [1.29, 1.82) is 0 Å². The molecule has 0 aromatic heterocycles. The number of carbonyl (C=O) groups is 1. The van der Waals surface area contributed by atoms with E-state index in [2.05, 4.69) is 0 Å². The van der Waals surface area contributed by atoms with E-state index >= 15 is 0 Å². The van der Waals surface area contributed by atoms with Crippen LogP contribution in [0.1, 0.15) is 13.8 Å².